The first-order chi connectivity index (χ1) is 7.64. The third-order valence-electron chi connectivity index (χ3n) is 2.88. The summed E-state index contributed by atoms with van der Waals surface area (Å²) < 4.78 is 34.2. The first-order valence-corrected chi connectivity index (χ1v) is 7.01. The number of ketones is 1. The Bertz CT molecular complexity index is 515. The van der Waals surface area contributed by atoms with E-state index in [9.17, 15) is 17.6 Å². The van der Waals surface area contributed by atoms with Crippen molar-refractivity contribution in [2.24, 2.45) is 0 Å². The Morgan fingerprint density at radius 3 is 2.12 bits per heavy atom. The molecule has 0 radical (unpaired) electrons. The van der Waals surface area contributed by atoms with E-state index in [0.717, 1.165) is 6.26 Å². The number of Topliss-reactive ketones (excluding diaryl/α,β-unsaturated/α-hetero) is 1. The quantitative estimate of drug-likeness (QED) is 0.827. The van der Waals surface area contributed by atoms with Gasteiger partial charge in [-0.1, -0.05) is 12.1 Å². The highest BCUT2D eigenvalue weighted by atomic mass is 32.2. The summed E-state index contributed by atoms with van der Waals surface area (Å²) in [4.78, 5) is 11.9. The van der Waals surface area contributed by atoms with Gasteiger partial charge in [0.05, 0.1) is 0 Å². The SMILES string of the molecule is CC(C)(C(=O)Cc1ccc(F)cc1)S(C)(=O)=O. The van der Waals surface area contributed by atoms with Crippen LogP contribution in [0.25, 0.3) is 0 Å². The Kier molecular flexibility index (Phi) is 3.71. The average molecular weight is 258 g/mol. The summed E-state index contributed by atoms with van der Waals surface area (Å²) in [5, 5.41) is 0. The number of sulfone groups is 1. The van der Waals surface area contributed by atoms with Gasteiger partial charge in [-0.15, -0.1) is 0 Å². The van der Waals surface area contributed by atoms with Crippen LogP contribution in [-0.2, 0) is 21.1 Å². The van der Waals surface area contributed by atoms with Gasteiger partial charge in [0.2, 0.25) is 0 Å². The van der Waals surface area contributed by atoms with E-state index >= 15 is 0 Å². The monoisotopic (exact) mass is 258 g/mol. The van der Waals surface area contributed by atoms with E-state index in [4.69, 9.17) is 0 Å². The Balaban J connectivity index is 2.90. The zero-order chi connectivity index (χ0) is 13.3. The molecule has 1 rings (SSSR count). The van der Waals surface area contributed by atoms with E-state index in [2.05, 4.69) is 0 Å². The number of carbonyl (C=O) groups excluding carboxylic acids is 1. The van der Waals surface area contributed by atoms with Crippen molar-refractivity contribution in [2.75, 3.05) is 6.26 Å². The molecule has 0 amide bonds. The lowest BCUT2D eigenvalue weighted by molar-refractivity contribution is -0.120. The van der Waals surface area contributed by atoms with Crippen LogP contribution >= 0.6 is 0 Å². The molecule has 94 valence electrons. The third-order valence-corrected chi connectivity index (χ3v) is 4.96. The standard InChI is InChI=1S/C12H15FO3S/c1-12(2,17(3,15)16)11(14)8-9-4-6-10(13)7-5-9/h4-7H,8H2,1-3H3. The summed E-state index contributed by atoms with van der Waals surface area (Å²) >= 11 is 0. The lowest BCUT2D eigenvalue weighted by Gasteiger charge is -2.20. The molecule has 0 saturated carbocycles. The maximum Gasteiger partial charge on any atom is 0.159 e. The van der Waals surface area contributed by atoms with Crippen LogP contribution in [0.4, 0.5) is 4.39 Å². The van der Waals surface area contributed by atoms with Crippen LogP contribution in [0.15, 0.2) is 24.3 Å². The van der Waals surface area contributed by atoms with Crippen molar-refractivity contribution in [3.8, 4) is 0 Å². The molecule has 0 fully saturated rings. The fraction of sp³-hybridized carbons (Fsp3) is 0.417. The van der Waals surface area contributed by atoms with E-state index in [1.807, 2.05) is 0 Å². The lowest BCUT2D eigenvalue weighted by Crippen LogP contribution is -2.40. The van der Waals surface area contributed by atoms with Crippen LogP contribution in [0.1, 0.15) is 19.4 Å². The number of benzene rings is 1. The van der Waals surface area contributed by atoms with Gasteiger partial charge in [-0.05, 0) is 31.5 Å². The van der Waals surface area contributed by atoms with Crippen molar-refractivity contribution in [1.29, 1.82) is 0 Å². The van der Waals surface area contributed by atoms with E-state index in [1.165, 1.54) is 38.1 Å². The largest absolute Gasteiger partial charge is 0.298 e. The second-order valence-electron chi connectivity index (χ2n) is 4.51. The predicted molar refractivity (Wildman–Crippen MR) is 64.0 cm³/mol. The minimum absolute atomic E-state index is 0.0135. The molecule has 3 nitrogen and oxygen atoms in total. The first-order valence-electron chi connectivity index (χ1n) is 5.12. The van der Waals surface area contributed by atoms with Gasteiger partial charge in [-0.2, -0.15) is 0 Å². The van der Waals surface area contributed by atoms with Gasteiger partial charge < -0.3 is 0 Å². The van der Waals surface area contributed by atoms with E-state index < -0.39 is 20.4 Å². The van der Waals surface area contributed by atoms with Gasteiger partial charge in [0.15, 0.2) is 15.6 Å². The molecule has 17 heavy (non-hydrogen) atoms. The summed E-state index contributed by atoms with van der Waals surface area (Å²) in [6.07, 6.45) is 1.02. The molecule has 0 aliphatic heterocycles. The highest BCUT2D eigenvalue weighted by Gasteiger charge is 2.37. The van der Waals surface area contributed by atoms with Crippen LogP contribution in [0.5, 0.6) is 0 Å². The van der Waals surface area contributed by atoms with Crippen molar-refractivity contribution in [2.45, 2.75) is 25.0 Å². The number of rotatable bonds is 4. The molecule has 0 heterocycles. The first kappa shape index (κ1) is 13.8. The Hall–Kier alpha value is -1.23. The molecule has 0 N–H and O–H groups in total. The molecule has 0 spiro atoms. The minimum atomic E-state index is -3.45. The predicted octanol–water partition coefficient (Wildman–Crippen LogP) is 1.76. The molecule has 1 aromatic carbocycles. The van der Waals surface area contributed by atoms with Crippen LogP contribution in [0.3, 0.4) is 0 Å². The molecule has 0 aromatic heterocycles. The van der Waals surface area contributed by atoms with Crippen molar-refractivity contribution < 1.29 is 17.6 Å². The highest BCUT2D eigenvalue weighted by molar-refractivity contribution is 7.92. The number of halogens is 1. The van der Waals surface area contributed by atoms with Crippen molar-refractivity contribution in [1.82, 2.24) is 0 Å². The summed E-state index contributed by atoms with van der Waals surface area (Å²) in [5.41, 5.74) is 0.605. The van der Waals surface area contributed by atoms with Crippen LogP contribution in [0, 0.1) is 5.82 Å². The Morgan fingerprint density at radius 2 is 1.71 bits per heavy atom. The Labute approximate surface area is 101 Å². The molecule has 0 saturated heterocycles. The molecule has 0 bridgehead atoms. The van der Waals surface area contributed by atoms with Gasteiger partial charge in [-0.25, -0.2) is 12.8 Å². The molecule has 0 aliphatic rings. The number of hydrogen-bond donors (Lipinski definition) is 0. The van der Waals surface area contributed by atoms with E-state index in [0.29, 0.717) is 5.56 Å². The molecule has 5 heteroatoms. The fourth-order valence-corrected chi connectivity index (χ4v) is 1.69. The lowest BCUT2D eigenvalue weighted by atomic mass is 10.0. The van der Waals surface area contributed by atoms with Gasteiger partial charge in [0, 0.05) is 12.7 Å². The van der Waals surface area contributed by atoms with Crippen LogP contribution in [-0.4, -0.2) is 25.2 Å². The highest BCUT2D eigenvalue weighted by Crippen LogP contribution is 2.19. The Morgan fingerprint density at radius 1 is 1.24 bits per heavy atom. The molecule has 0 aliphatic carbocycles. The molecular weight excluding hydrogens is 243 g/mol. The third kappa shape index (κ3) is 3.12. The van der Waals surface area contributed by atoms with Gasteiger partial charge in [-0.3, -0.25) is 4.79 Å². The minimum Gasteiger partial charge on any atom is -0.298 e. The zero-order valence-electron chi connectivity index (χ0n) is 10.0. The summed E-state index contributed by atoms with van der Waals surface area (Å²) in [6.45, 7) is 2.77. The normalized spacial score (nSPS) is 12.5. The van der Waals surface area contributed by atoms with Crippen molar-refractivity contribution in [3.63, 3.8) is 0 Å². The zero-order valence-corrected chi connectivity index (χ0v) is 10.8. The van der Waals surface area contributed by atoms with E-state index in [-0.39, 0.29) is 12.2 Å². The van der Waals surface area contributed by atoms with Gasteiger partial charge in [0.25, 0.3) is 0 Å². The molecule has 0 unspecified atom stereocenters. The maximum atomic E-state index is 12.7. The fourth-order valence-electron chi connectivity index (χ4n) is 1.21. The molecule has 1 aromatic rings. The van der Waals surface area contributed by atoms with Crippen molar-refractivity contribution in [3.05, 3.63) is 35.6 Å². The van der Waals surface area contributed by atoms with Gasteiger partial charge >= 0.3 is 0 Å². The second-order valence-corrected chi connectivity index (χ2v) is 7.07. The topological polar surface area (TPSA) is 51.2 Å². The van der Waals surface area contributed by atoms with E-state index in [1.54, 1.807) is 0 Å². The average Bonchev–Trinajstić information content (AvgIpc) is 2.19. The summed E-state index contributed by atoms with van der Waals surface area (Å²) in [6, 6.07) is 5.45. The number of carbonyl (C=O) groups is 1. The smallest absolute Gasteiger partial charge is 0.159 e. The second kappa shape index (κ2) is 4.56. The van der Waals surface area contributed by atoms with Gasteiger partial charge in [0.1, 0.15) is 10.6 Å². The van der Waals surface area contributed by atoms with Crippen LogP contribution < -0.4 is 0 Å². The summed E-state index contributed by atoms with van der Waals surface area (Å²) in [5.74, 6) is -0.782. The molecular formula is C12H15FO3S. The van der Waals surface area contributed by atoms with Crippen molar-refractivity contribution >= 4 is 15.6 Å². The van der Waals surface area contributed by atoms with Crippen LogP contribution in [0.2, 0.25) is 0 Å². The summed E-state index contributed by atoms with van der Waals surface area (Å²) in [7, 11) is -3.45. The molecule has 0 atom stereocenters. The number of hydrogen-bond acceptors (Lipinski definition) is 3. The maximum absolute atomic E-state index is 12.7.